The van der Waals surface area contributed by atoms with Gasteiger partial charge in [-0.05, 0) is 43.0 Å². The van der Waals surface area contributed by atoms with Crippen LogP contribution in [0, 0.1) is 18.3 Å². The molecule has 0 aliphatic heterocycles. The van der Waals surface area contributed by atoms with Crippen LogP contribution in [-0.2, 0) is 6.54 Å². The van der Waals surface area contributed by atoms with E-state index in [9.17, 15) is 4.79 Å². The maximum atomic E-state index is 11.9. The lowest BCUT2D eigenvalue weighted by Crippen LogP contribution is -2.23. The molecular formula is C16H15N3O. The SMILES string of the molecule is Cc1ccc(Cn2nc(C3CC3)ccc2=O)cc1C#N. The number of aromatic nitrogens is 2. The Kier molecular flexibility index (Phi) is 3.11. The lowest BCUT2D eigenvalue weighted by atomic mass is 10.1. The highest BCUT2D eigenvalue weighted by atomic mass is 16.1. The highest BCUT2D eigenvalue weighted by Crippen LogP contribution is 2.38. The van der Waals surface area contributed by atoms with E-state index in [2.05, 4.69) is 11.2 Å². The summed E-state index contributed by atoms with van der Waals surface area (Å²) in [6.07, 6.45) is 2.32. The molecule has 4 nitrogen and oxygen atoms in total. The van der Waals surface area contributed by atoms with E-state index in [0.717, 1.165) is 29.7 Å². The van der Waals surface area contributed by atoms with E-state index >= 15 is 0 Å². The van der Waals surface area contributed by atoms with Crippen molar-refractivity contribution in [2.75, 3.05) is 0 Å². The first-order valence-corrected chi connectivity index (χ1v) is 6.75. The zero-order valence-corrected chi connectivity index (χ0v) is 11.3. The van der Waals surface area contributed by atoms with Gasteiger partial charge in [0.15, 0.2) is 0 Å². The Morgan fingerprint density at radius 1 is 1.35 bits per heavy atom. The first-order chi connectivity index (χ1) is 9.67. The van der Waals surface area contributed by atoms with Crippen molar-refractivity contribution in [1.29, 1.82) is 5.26 Å². The molecule has 2 aromatic rings. The van der Waals surface area contributed by atoms with Crippen molar-refractivity contribution in [3.05, 3.63) is 63.1 Å². The van der Waals surface area contributed by atoms with Crippen LogP contribution < -0.4 is 5.56 Å². The molecule has 20 heavy (non-hydrogen) atoms. The van der Waals surface area contributed by atoms with E-state index in [1.807, 2.05) is 31.2 Å². The van der Waals surface area contributed by atoms with Crippen LogP contribution in [-0.4, -0.2) is 9.78 Å². The summed E-state index contributed by atoms with van der Waals surface area (Å²) >= 11 is 0. The minimum absolute atomic E-state index is 0.103. The summed E-state index contributed by atoms with van der Waals surface area (Å²) in [5.41, 5.74) is 3.41. The van der Waals surface area contributed by atoms with Crippen LogP contribution in [0.15, 0.2) is 35.1 Å². The fourth-order valence-corrected chi connectivity index (χ4v) is 2.24. The van der Waals surface area contributed by atoms with E-state index in [1.54, 1.807) is 6.07 Å². The largest absolute Gasteiger partial charge is 0.268 e. The molecule has 100 valence electrons. The fourth-order valence-electron chi connectivity index (χ4n) is 2.24. The molecule has 1 heterocycles. The van der Waals surface area contributed by atoms with Crippen molar-refractivity contribution in [3.8, 4) is 6.07 Å². The lowest BCUT2D eigenvalue weighted by Gasteiger charge is -2.07. The minimum atomic E-state index is -0.103. The average Bonchev–Trinajstić information content (AvgIpc) is 3.28. The van der Waals surface area contributed by atoms with Gasteiger partial charge in [-0.15, -0.1) is 0 Å². The van der Waals surface area contributed by atoms with Gasteiger partial charge in [-0.1, -0.05) is 12.1 Å². The van der Waals surface area contributed by atoms with Crippen molar-refractivity contribution in [1.82, 2.24) is 9.78 Å². The molecule has 1 aliphatic rings. The summed E-state index contributed by atoms with van der Waals surface area (Å²) < 4.78 is 1.49. The third-order valence-corrected chi connectivity index (χ3v) is 3.64. The van der Waals surface area contributed by atoms with Gasteiger partial charge in [0.1, 0.15) is 0 Å². The topological polar surface area (TPSA) is 58.7 Å². The molecule has 0 amide bonds. The molecule has 0 N–H and O–H groups in total. The number of rotatable bonds is 3. The summed E-state index contributed by atoms with van der Waals surface area (Å²) in [4.78, 5) is 11.9. The first kappa shape index (κ1) is 12.6. The van der Waals surface area contributed by atoms with Crippen molar-refractivity contribution >= 4 is 0 Å². The van der Waals surface area contributed by atoms with Crippen LogP contribution >= 0.6 is 0 Å². The zero-order valence-electron chi connectivity index (χ0n) is 11.3. The van der Waals surface area contributed by atoms with Crippen molar-refractivity contribution in [3.63, 3.8) is 0 Å². The number of hydrogen-bond acceptors (Lipinski definition) is 3. The smallest absolute Gasteiger partial charge is 0.267 e. The number of benzene rings is 1. The molecule has 0 bridgehead atoms. The van der Waals surface area contributed by atoms with Gasteiger partial charge < -0.3 is 0 Å². The maximum absolute atomic E-state index is 11.9. The van der Waals surface area contributed by atoms with Gasteiger partial charge >= 0.3 is 0 Å². The molecular weight excluding hydrogens is 250 g/mol. The normalized spacial score (nSPS) is 14.0. The van der Waals surface area contributed by atoms with Gasteiger partial charge in [-0.25, -0.2) is 4.68 Å². The van der Waals surface area contributed by atoms with E-state index < -0.39 is 0 Å². The van der Waals surface area contributed by atoms with Crippen molar-refractivity contribution < 1.29 is 0 Å². The third-order valence-electron chi connectivity index (χ3n) is 3.64. The summed E-state index contributed by atoms with van der Waals surface area (Å²) in [7, 11) is 0. The molecule has 0 unspecified atom stereocenters. The second kappa shape index (κ2) is 4.93. The average molecular weight is 265 g/mol. The lowest BCUT2D eigenvalue weighted by molar-refractivity contribution is 0.619. The van der Waals surface area contributed by atoms with E-state index in [0.29, 0.717) is 18.0 Å². The molecule has 0 radical (unpaired) electrons. The predicted molar refractivity (Wildman–Crippen MR) is 75.5 cm³/mol. The number of aryl methyl sites for hydroxylation is 1. The Labute approximate surface area is 117 Å². The van der Waals surface area contributed by atoms with Crippen molar-refractivity contribution in [2.45, 2.75) is 32.2 Å². The van der Waals surface area contributed by atoms with E-state index in [4.69, 9.17) is 5.26 Å². The van der Waals surface area contributed by atoms with Crippen LogP contribution in [0.1, 0.15) is 41.1 Å². The Hall–Kier alpha value is -2.41. The molecule has 1 aromatic heterocycles. The molecule has 0 atom stereocenters. The van der Waals surface area contributed by atoms with Gasteiger partial charge in [0, 0.05) is 12.0 Å². The summed E-state index contributed by atoms with van der Waals surface area (Å²) in [5, 5.41) is 13.5. The molecule has 1 fully saturated rings. The Morgan fingerprint density at radius 3 is 2.85 bits per heavy atom. The molecule has 1 saturated carbocycles. The van der Waals surface area contributed by atoms with Crippen LogP contribution in [0.2, 0.25) is 0 Å². The highest BCUT2D eigenvalue weighted by molar-refractivity contribution is 5.39. The van der Waals surface area contributed by atoms with Gasteiger partial charge in [-0.2, -0.15) is 10.4 Å². The van der Waals surface area contributed by atoms with Gasteiger partial charge in [0.25, 0.3) is 5.56 Å². The number of hydrogen-bond donors (Lipinski definition) is 0. The fraction of sp³-hybridized carbons (Fsp3) is 0.312. The Bertz CT molecular complexity index is 751. The summed E-state index contributed by atoms with van der Waals surface area (Å²) in [6, 6.07) is 11.2. The van der Waals surface area contributed by atoms with Gasteiger partial charge in [0.2, 0.25) is 0 Å². The molecule has 0 saturated heterocycles. The third kappa shape index (κ3) is 2.48. The number of nitriles is 1. The second-order valence-corrected chi connectivity index (χ2v) is 5.29. The molecule has 0 spiro atoms. The predicted octanol–water partition coefficient (Wildman–Crippen LogP) is 2.35. The first-order valence-electron chi connectivity index (χ1n) is 6.75. The van der Waals surface area contributed by atoms with Gasteiger partial charge in [-0.3, -0.25) is 4.79 Å². The zero-order chi connectivity index (χ0) is 14.1. The molecule has 4 heteroatoms. The van der Waals surface area contributed by atoms with E-state index in [-0.39, 0.29) is 5.56 Å². The van der Waals surface area contributed by atoms with Gasteiger partial charge in [0.05, 0.1) is 23.9 Å². The second-order valence-electron chi connectivity index (χ2n) is 5.29. The van der Waals surface area contributed by atoms with Crippen LogP contribution in [0.3, 0.4) is 0 Å². The summed E-state index contributed by atoms with van der Waals surface area (Å²) in [5.74, 6) is 0.523. The minimum Gasteiger partial charge on any atom is -0.268 e. The highest BCUT2D eigenvalue weighted by Gasteiger charge is 2.25. The summed E-state index contributed by atoms with van der Waals surface area (Å²) in [6.45, 7) is 2.31. The van der Waals surface area contributed by atoms with E-state index in [1.165, 1.54) is 4.68 Å². The Balaban J connectivity index is 1.93. The van der Waals surface area contributed by atoms with Crippen LogP contribution in [0.4, 0.5) is 0 Å². The van der Waals surface area contributed by atoms with Crippen LogP contribution in [0.25, 0.3) is 0 Å². The quantitative estimate of drug-likeness (QED) is 0.856. The Morgan fingerprint density at radius 2 is 2.15 bits per heavy atom. The standard InChI is InChI=1S/C16H15N3O/c1-11-2-3-12(8-14(11)9-17)10-19-16(20)7-6-15(18-19)13-4-5-13/h2-3,6-8,13H,4-5,10H2,1H3. The van der Waals surface area contributed by atoms with Crippen LogP contribution in [0.5, 0.6) is 0 Å². The number of nitrogens with zero attached hydrogens (tertiary/aromatic N) is 3. The molecule has 1 aliphatic carbocycles. The molecule has 1 aromatic carbocycles. The monoisotopic (exact) mass is 265 g/mol. The molecule has 3 rings (SSSR count). The van der Waals surface area contributed by atoms with Crippen molar-refractivity contribution in [2.24, 2.45) is 0 Å². The maximum Gasteiger partial charge on any atom is 0.267 e.